The summed E-state index contributed by atoms with van der Waals surface area (Å²) in [4.78, 5) is 3.91. The zero-order valence-electron chi connectivity index (χ0n) is 6.72. The lowest BCUT2D eigenvalue weighted by atomic mass is 10.1. The maximum atomic E-state index is 3.91. The quantitative estimate of drug-likeness (QED) is 0.514. The van der Waals surface area contributed by atoms with Gasteiger partial charge in [-0.05, 0) is 32.4 Å². The lowest BCUT2D eigenvalue weighted by Gasteiger charge is -2.06. The summed E-state index contributed by atoms with van der Waals surface area (Å²) in [5, 5.41) is 0. The zero-order chi connectivity index (χ0) is 7.28. The molecule has 1 heteroatoms. The van der Waals surface area contributed by atoms with Gasteiger partial charge in [-0.2, -0.15) is 0 Å². The van der Waals surface area contributed by atoms with E-state index in [1.165, 1.54) is 12.8 Å². The molecule has 0 rings (SSSR count). The average molecular weight is 127 g/mol. The maximum absolute atomic E-state index is 3.91. The molecule has 0 heterocycles. The monoisotopic (exact) mass is 127 g/mol. The van der Waals surface area contributed by atoms with Gasteiger partial charge >= 0.3 is 0 Å². The number of rotatable bonds is 4. The Morgan fingerprint density at radius 1 is 1.22 bits per heavy atom. The Morgan fingerprint density at radius 3 is 2.11 bits per heavy atom. The van der Waals surface area contributed by atoms with E-state index >= 15 is 0 Å². The first-order valence-corrected chi connectivity index (χ1v) is 3.62. The Morgan fingerprint density at radius 2 is 1.78 bits per heavy atom. The first kappa shape index (κ1) is 8.67. The largest absolute Gasteiger partial charge is 0.298 e. The van der Waals surface area contributed by atoms with Gasteiger partial charge in [-0.3, -0.25) is 4.99 Å². The molecule has 9 heavy (non-hydrogen) atoms. The molecular formula is C8H17N. The predicted molar refractivity (Wildman–Crippen MR) is 43.1 cm³/mol. The first-order valence-electron chi connectivity index (χ1n) is 3.62. The molecule has 1 atom stereocenters. The van der Waals surface area contributed by atoms with Crippen LogP contribution in [0.25, 0.3) is 0 Å². The van der Waals surface area contributed by atoms with E-state index in [9.17, 15) is 0 Å². The summed E-state index contributed by atoms with van der Waals surface area (Å²) in [6.45, 7) is 10.1. The topological polar surface area (TPSA) is 12.4 Å². The summed E-state index contributed by atoms with van der Waals surface area (Å²) >= 11 is 0. The third-order valence-electron chi connectivity index (χ3n) is 1.47. The number of nitrogens with zero attached hydrogens (tertiary/aromatic N) is 1. The molecule has 0 amide bonds. The highest BCUT2D eigenvalue weighted by molar-refractivity contribution is 5.23. The average Bonchev–Trinajstić information content (AvgIpc) is 1.83. The minimum absolute atomic E-state index is 0.451. The van der Waals surface area contributed by atoms with Crippen molar-refractivity contribution in [3.05, 3.63) is 0 Å². The highest BCUT2D eigenvalue weighted by Crippen LogP contribution is 2.07. The highest BCUT2D eigenvalue weighted by atomic mass is 14.7. The van der Waals surface area contributed by atoms with Gasteiger partial charge in [0.15, 0.2) is 0 Å². The van der Waals surface area contributed by atoms with Crippen LogP contribution in [0.1, 0.15) is 33.6 Å². The second-order valence-electron chi connectivity index (χ2n) is 3.00. The fraction of sp³-hybridized carbons (Fsp3) is 0.875. The number of hydrogen-bond donors (Lipinski definition) is 0. The second-order valence-corrected chi connectivity index (χ2v) is 3.00. The lowest BCUT2D eigenvalue weighted by Crippen LogP contribution is -1.99. The smallest absolute Gasteiger partial charge is 0.0464 e. The summed E-state index contributed by atoms with van der Waals surface area (Å²) in [7, 11) is 0. The Kier molecular flexibility index (Phi) is 4.37. The number of aliphatic imine (C=N–C) groups is 1. The van der Waals surface area contributed by atoms with E-state index in [1.807, 2.05) is 0 Å². The standard InChI is InChI=1S/C8H17N/c1-7(2)5-6-8(3)9-4/h7-8H,4-6H2,1-3H3. The van der Waals surface area contributed by atoms with Crippen LogP contribution in [-0.2, 0) is 0 Å². The van der Waals surface area contributed by atoms with Crippen molar-refractivity contribution in [1.29, 1.82) is 0 Å². The minimum Gasteiger partial charge on any atom is -0.298 e. The van der Waals surface area contributed by atoms with Gasteiger partial charge in [0, 0.05) is 6.04 Å². The van der Waals surface area contributed by atoms with Crippen molar-refractivity contribution >= 4 is 6.72 Å². The van der Waals surface area contributed by atoms with E-state index in [2.05, 4.69) is 32.5 Å². The normalized spacial score (nSPS) is 13.8. The van der Waals surface area contributed by atoms with Crippen LogP contribution in [0.3, 0.4) is 0 Å². The molecule has 0 aromatic heterocycles. The molecule has 54 valence electrons. The van der Waals surface area contributed by atoms with E-state index in [0.29, 0.717) is 6.04 Å². The molecule has 0 N–H and O–H groups in total. The second kappa shape index (κ2) is 4.54. The van der Waals surface area contributed by atoms with E-state index in [4.69, 9.17) is 0 Å². The molecule has 0 aliphatic carbocycles. The molecule has 0 saturated heterocycles. The van der Waals surface area contributed by atoms with Crippen LogP contribution in [0.4, 0.5) is 0 Å². The van der Waals surface area contributed by atoms with Crippen LogP contribution in [0.15, 0.2) is 4.99 Å². The fourth-order valence-electron chi connectivity index (χ4n) is 0.666. The van der Waals surface area contributed by atoms with Crippen molar-refractivity contribution in [1.82, 2.24) is 0 Å². The van der Waals surface area contributed by atoms with Crippen molar-refractivity contribution in [3.63, 3.8) is 0 Å². The Hall–Kier alpha value is -0.330. The Bertz CT molecular complexity index is 76.6. The van der Waals surface area contributed by atoms with Gasteiger partial charge in [-0.25, -0.2) is 0 Å². The lowest BCUT2D eigenvalue weighted by molar-refractivity contribution is 0.516. The molecule has 0 aromatic carbocycles. The van der Waals surface area contributed by atoms with Gasteiger partial charge in [-0.15, -0.1) is 0 Å². The molecule has 0 radical (unpaired) electrons. The van der Waals surface area contributed by atoms with E-state index in [1.54, 1.807) is 0 Å². The summed E-state index contributed by atoms with van der Waals surface area (Å²) in [6, 6.07) is 0.451. The predicted octanol–water partition coefficient (Wildman–Crippen LogP) is 2.51. The molecule has 0 saturated carbocycles. The maximum Gasteiger partial charge on any atom is 0.0464 e. The van der Waals surface area contributed by atoms with Crippen LogP contribution in [0.2, 0.25) is 0 Å². The fourth-order valence-corrected chi connectivity index (χ4v) is 0.666. The SMILES string of the molecule is C=NC(C)CCC(C)C. The van der Waals surface area contributed by atoms with E-state index < -0.39 is 0 Å². The van der Waals surface area contributed by atoms with Gasteiger partial charge in [0.2, 0.25) is 0 Å². The third-order valence-corrected chi connectivity index (χ3v) is 1.47. The molecule has 1 nitrogen and oxygen atoms in total. The first-order chi connectivity index (χ1) is 4.16. The molecule has 1 unspecified atom stereocenters. The minimum atomic E-state index is 0.451. The number of hydrogen-bond acceptors (Lipinski definition) is 1. The van der Waals surface area contributed by atoms with Crippen LogP contribution >= 0.6 is 0 Å². The zero-order valence-corrected chi connectivity index (χ0v) is 6.72. The Balaban J connectivity index is 3.16. The summed E-state index contributed by atoms with van der Waals surface area (Å²) in [5.41, 5.74) is 0. The molecule has 0 aliphatic heterocycles. The van der Waals surface area contributed by atoms with Crippen LogP contribution < -0.4 is 0 Å². The van der Waals surface area contributed by atoms with Gasteiger partial charge in [0.05, 0.1) is 0 Å². The van der Waals surface area contributed by atoms with Gasteiger partial charge in [0.1, 0.15) is 0 Å². The van der Waals surface area contributed by atoms with Crippen molar-refractivity contribution in [2.45, 2.75) is 39.7 Å². The van der Waals surface area contributed by atoms with E-state index in [0.717, 1.165) is 5.92 Å². The van der Waals surface area contributed by atoms with Gasteiger partial charge in [-0.1, -0.05) is 13.8 Å². The Labute approximate surface area is 58.2 Å². The molecule has 0 aromatic rings. The van der Waals surface area contributed by atoms with Gasteiger partial charge < -0.3 is 0 Å². The molecule has 0 bridgehead atoms. The van der Waals surface area contributed by atoms with Gasteiger partial charge in [0.25, 0.3) is 0 Å². The van der Waals surface area contributed by atoms with Crippen molar-refractivity contribution in [3.8, 4) is 0 Å². The van der Waals surface area contributed by atoms with Crippen LogP contribution in [0.5, 0.6) is 0 Å². The summed E-state index contributed by atoms with van der Waals surface area (Å²) in [6.07, 6.45) is 2.45. The molecule has 0 spiro atoms. The third kappa shape index (κ3) is 5.54. The van der Waals surface area contributed by atoms with Crippen molar-refractivity contribution < 1.29 is 0 Å². The van der Waals surface area contributed by atoms with Crippen LogP contribution in [-0.4, -0.2) is 12.8 Å². The highest BCUT2D eigenvalue weighted by Gasteiger charge is 1.98. The summed E-state index contributed by atoms with van der Waals surface area (Å²) in [5.74, 6) is 0.800. The van der Waals surface area contributed by atoms with E-state index in [-0.39, 0.29) is 0 Å². The molecular weight excluding hydrogens is 110 g/mol. The van der Waals surface area contributed by atoms with Crippen molar-refractivity contribution in [2.24, 2.45) is 10.9 Å². The van der Waals surface area contributed by atoms with Crippen molar-refractivity contribution in [2.75, 3.05) is 0 Å². The van der Waals surface area contributed by atoms with Crippen LogP contribution in [0, 0.1) is 5.92 Å². The molecule has 0 aliphatic rings. The molecule has 0 fully saturated rings. The summed E-state index contributed by atoms with van der Waals surface area (Å²) < 4.78 is 0.